The lowest BCUT2D eigenvalue weighted by molar-refractivity contribution is -0.143. The molecule has 1 amide bonds. The third-order valence-corrected chi connectivity index (χ3v) is 4.60. The molecule has 0 saturated carbocycles. The monoisotopic (exact) mass is 343 g/mol. The summed E-state index contributed by atoms with van der Waals surface area (Å²) in [7, 11) is 0. The van der Waals surface area contributed by atoms with Crippen LogP contribution < -0.4 is 5.32 Å². The lowest BCUT2D eigenvalue weighted by atomic mass is 9.80. The molecule has 1 atom stereocenters. The minimum Gasteiger partial charge on any atom is -0.481 e. The fourth-order valence-electron chi connectivity index (χ4n) is 2.59. The van der Waals surface area contributed by atoms with Crippen molar-refractivity contribution in [3.05, 3.63) is 71.5 Å². The summed E-state index contributed by atoms with van der Waals surface area (Å²) in [5.41, 5.74) is -1.11. The van der Waals surface area contributed by atoms with Crippen LogP contribution in [0, 0.1) is 5.82 Å². The highest BCUT2D eigenvalue weighted by atomic mass is 19.1. The van der Waals surface area contributed by atoms with E-state index in [9.17, 15) is 19.1 Å². The van der Waals surface area contributed by atoms with Gasteiger partial charge < -0.3 is 10.4 Å². The van der Waals surface area contributed by atoms with Crippen LogP contribution in [0.1, 0.15) is 31.9 Å². The quantitative estimate of drug-likeness (QED) is 0.846. The summed E-state index contributed by atoms with van der Waals surface area (Å²) in [5, 5.41) is 12.4. The van der Waals surface area contributed by atoms with Crippen molar-refractivity contribution in [2.24, 2.45) is 0 Å². The van der Waals surface area contributed by atoms with E-state index in [0.717, 1.165) is 0 Å². The van der Waals surface area contributed by atoms with Gasteiger partial charge in [-0.3, -0.25) is 9.59 Å². The first-order valence-electron chi connectivity index (χ1n) is 8.01. The Labute approximate surface area is 146 Å². The Bertz CT molecular complexity index is 774. The molecule has 0 aromatic heterocycles. The Morgan fingerprint density at radius 1 is 1.00 bits per heavy atom. The second-order valence-electron chi connectivity index (χ2n) is 6.82. The highest BCUT2D eigenvalue weighted by molar-refractivity contribution is 5.88. The minimum atomic E-state index is -1.26. The smallest absolute Gasteiger partial charge is 0.315 e. The number of halogens is 1. The molecule has 2 aromatic rings. The Balaban J connectivity index is 2.20. The van der Waals surface area contributed by atoms with E-state index in [1.807, 2.05) is 0 Å². The van der Waals surface area contributed by atoms with Crippen molar-refractivity contribution in [3.8, 4) is 0 Å². The van der Waals surface area contributed by atoms with Crippen LogP contribution in [-0.4, -0.2) is 23.5 Å². The molecule has 2 rings (SSSR count). The Morgan fingerprint density at radius 2 is 1.60 bits per heavy atom. The molecule has 0 radical (unpaired) electrons. The maximum absolute atomic E-state index is 13.5. The van der Waals surface area contributed by atoms with Crippen molar-refractivity contribution < 1.29 is 19.1 Å². The molecule has 5 heteroatoms. The highest BCUT2D eigenvalue weighted by Crippen LogP contribution is 2.26. The van der Waals surface area contributed by atoms with Crippen molar-refractivity contribution >= 4 is 11.9 Å². The lowest BCUT2D eigenvalue weighted by Gasteiger charge is -2.29. The standard InChI is InChI=1S/C20H22FNO3/c1-19(2,15-10-7-11-16(21)12-15)17(23)22-13-20(3,18(24)25)14-8-5-4-6-9-14/h4-12H,13H2,1-3H3,(H,22,23)(H,24,25). The summed E-state index contributed by atoms with van der Waals surface area (Å²) in [5.74, 6) is -1.80. The predicted molar refractivity (Wildman–Crippen MR) is 93.9 cm³/mol. The molecule has 2 N–H and O–H groups in total. The second kappa shape index (κ2) is 7.05. The number of amides is 1. The van der Waals surface area contributed by atoms with Gasteiger partial charge in [0.25, 0.3) is 0 Å². The number of aliphatic carboxylic acids is 1. The van der Waals surface area contributed by atoms with Crippen molar-refractivity contribution in [1.29, 1.82) is 0 Å². The summed E-state index contributed by atoms with van der Waals surface area (Å²) in [4.78, 5) is 24.4. The molecule has 0 spiro atoms. The van der Waals surface area contributed by atoms with Gasteiger partial charge in [-0.25, -0.2) is 4.39 Å². The van der Waals surface area contributed by atoms with Crippen LogP contribution in [0.3, 0.4) is 0 Å². The molecule has 0 aliphatic heterocycles. The van der Waals surface area contributed by atoms with Crippen LogP contribution in [0.15, 0.2) is 54.6 Å². The Kier molecular flexibility index (Phi) is 5.26. The lowest BCUT2D eigenvalue weighted by Crippen LogP contribution is -2.48. The fourth-order valence-corrected chi connectivity index (χ4v) is 2.59. The van der Waals surface area contributed by atoms with Crippen LogP contribution in [0.25, 0.3) is 0 Å². The van der Waals surface area contributed by atoms with Gasteiger partial charge in [0.15, 0.2) is 0 Å². The molecule has 0 aliphatic carbocycles. The molecule has 25 heavy (non-hydrogen) atoms. The van der Waals surface area contributed by atoms with E-state index in [1.54, 1.807) is 63.2 Å². The van der Waals surface area contributed by atoms with Gasteiger partial charge in [0.2, 0.25) is 5.91 Å². The first kappa shape index (κ1) is 18.6. The van der Waals surface area contributed by atoms with Gasteiger partial charge in [0.1, 0.15) is 11.2 Å². The summed E-state index contributed by atoms with van der Waals surface area (Å²) in [6.45, 7) is 4.86. The van der Waals surface area contributed by atoms with Gasteiger partial charge in [-0.05, 0) is 44.0 Å². The van der Waals surface area contributed by atoms with Crippen LogP contribution in [0.4, 0.5) is 4.39 Å². The minimum absolute atomic E-state index is 0.0655. The van der Waals surface area contributed by atoms with Crippen molar-refractivity contribution in [2.45, 2.75) is 31.6 Å². The fraction of sp³-hybridized carbons (Fsp3) is 0.300. The van der Waals surface area contributed by atoms with E-state index in [1.165, 1.54) is 12.1 Å². The maximum atomic E-state index is 13.5. The topological polar surface area (TPSA) is 66.4 Å². The largest absolute Gasteiger partial charge is 0.481 e. The SMILES string of the molecule is CC(C)(C(=O)NCC(C)(C(=O)O)c1ccccc1)c1cccc(F)c1. The zero-order valence-corrected chi connectivity index (χ0v) is 14.5. The molecule has 0 aliphatic rings. The van der Waals surface area contributed by atoms with Gasteiger partial charge in [-0.1, -0.05) is 42.5 Å². The van der Waals surface area contributed by atoms with E-state index >= 15 is 0 Å². The van der Waals surface area contributed by atoms with E-state index in [2.05, 4.69) is 5.32 Å². The van der Waals surface area contributed by atoms with Crippen LogP contribution in [-0.2, 0) is 20.4 Å². The van der Waals surface area contributed by atoms with E-state index in [4.69, 9.17) is 0 Å². The molecule has 4 nitrogen and oxygen atoms in total. The number of carboxylic acids is 1. The molecule has 0 bridgehead atoms. The van der Waals surface area contributed by atoms with Gasteiger partial charge in [0.05, 0.1) is 5.41 Å². The summed E-state index contributed by atoms with van der Waals surface area (Å²) in [6, 6.07) is 14.6. The molecular weight excluding hydrogens is 321 g/mol. The summed E-state index contributed by atoms with van der Waals surface area (Å²) < 4.78 is 13.5. The summed E-state index contributed by atoms with van der Waals surface area (Å²) >= 11 is 0. The molecule has 1 unspecified atom stereocenters. The third-order valence-electron chi connectivity index (χ3n) is 4.60. The number of hydrogen-bond acceptors (Lipinski definition) is 2. The van der Waals surface area contributed by atoms with Crippen LogP contribution in [0.5, 0.6) is 0 Å². The Hall–Kier alpha value is -2.69. The van der Waals surface area contributed by atoms with E-state index < -0.39 is 22.6 Å². The van der Waals surface area contributed by atoms with Crippen molar-refractivity contribution in [2.75, 3.05) is 6.54 Å². The molecule has 0 heterocycles. The first-order valence-corrected chi connectivity index (χ1v) is 8.01. The molecule has 132 valence electrons. The van der Waals surface area contributed by atoms with E-state index in [0.29, 0.717) is 11.1 Å². The van der Waals surface area contributed by atoms with E-state index in [-0.39, 0.29) is 12.5 Å². The van der Waals surface area contributed by atoms with Crippen LogP contribution >= 0.6 is 0 Å². The zero-order valence-electron chi connectivity index (χ0n) is 14.5. The third kappa shape index (κ3) is 3.87. The number of hydrogen-bond donors (Lipinski definition) is 2. The molecular formula is C20H22FNO3. The van der Waals surface area contributed by atoms with Gasteiger partial charge >= 0.3 is 5.97 Å². The normalized spacial score (nSPS) is 13.8. The average Bonchev–Trinajstić information content (AvgIpc) is 2.59. The highest BCUT2D eigenvalue weighted by Gasteiger charge is 2.38. The number of carbonyl (C=O) groups excluding carboxylic acids is 1. The van der Waals surface area contributed by atoms with Gasteiger partial charge in [0, 0.05) is 6.54 Å². The number of carbonyl (C=O) groups is 2. The number of nitrogens with one attached hydrogen (secondary N) is 1. The first-order chi connectivity index (χ1) is 11.7. The second-order valence-corrected chi connectivity index (χ2v) is 6.82. The molecule has 0 saturated heterocycles. The predicted octanol–water partition coefficient (Wildman–Crippen LogP) is 3.26. The summed E-state index contributed by atoms with van der Waals surface area (Å²) in [6.07, 6.45) is 0. The van der Waals surface area contributed by atoms with Crippen LogP contribution in [0.2, 0.25) is 0 Å². The Morgan fingerprint density at radius 3 is 2.16 bits per heavy atom. The van der Waals surface area contributed by atoms with Gasteiger partial charge in [-0.2, -0.15) is 0 Å². The zero-order chi connectivity index (χ0) is 18.7. The van der Waals surface area contributed by atoms with Crippen molar-refractivity contribution in [1.82, 2.24) is 5.32 Å². The van der Waals surface area contributed by atoms with Crippen molar-refractivity contribution in [3.63, 3.8) is 0 Å². The van der Waals surface area contributed by atoms with Gasteiger partial charge in [-0.15, -0.1) is 0 Å². The molecule has 0 fully saturated rings. The average molecular weight is 343 g/mol. The number of rotatable bonds is 6. The number of carboxylic acid groups (broad SMARTS) is 1. The maximum Gasteiger partial charge on any atom is 0.315 e. The molecule has 2 aromatic carbocycles. The number of benzene rings is 2.